The summed E-state index contributed by atoms with van der Waals surface area (Å²) in [6.45, 7) is 4.28. The number of carbonyl (C=O) groups excluding carboxylic acids is 1. The molecule has 2 aromatic rings. The van der Waals surface area contributed by atoms with Crippen molar-refractivity contribution in [3.05, 3.63) is 47.4 Å². The Morgan fingerprint density at radius 2 is 2.15 bits per heavy atom. The van der Waals surface area contributed by atoms with Crippen molar-refractivity contribution in [3.8, 4) is 0 Å². The molecule has 0 radical (unpaired) electrons. The first kappa shape index (κ1) is 18.1. The standard InChI is InChI=1S/C22H28N2O3/c1-4-14-12-24-10-9-16-15-7-5-6-8-19(15)23-21(16)20(24)11-17(14)18(13-26-2)22(25)27-3/h5-8,13-14,17,20,23H,4,9-12H2,1-3H3/b18-13-/t14-,17-,20-/m0/s1. The molecule has 1 aromatic heterocycles. The largest absolute Gasteiger partial charge is 0.504 e. The molecule has 27 heavy (non-hydrogen) atoms. The van der Waals surface area contributed by atoms with Crippen LogP contribution in [0.25, 0.3) is 10.9 Å². The first-order valence-electron chi connectivity index (χ1n) is 9.82. The fourth-order valence-corrected chi connectivity index (χ4v) is 5.04. The second kappa shape index (κ2) is 7.39. The van der Waals surface area contributed by atoms with E-state index in [1.807, 2.05) is 0 Å². The van der Waals surface area contributed by atoms with E-state index in [1.165, 1.54) is 29.3 Å². The summed E-state index contributed by atoms with van der Waals surface area (Å²) in [6.07, 6.45) is 4.60. The van der Waals surface area contributed by atoms with Gasteiger partial charge in [0, 0.05) is 29.7 Å². The van der Waals surface area contributed by atoms with Crippen LogP contribution in [0.1, 0.15) is 37.1 Å². The highest BCUT2D eigenvalue weighted by molar-refractivity contribution is 5.89. The Morgan fingerprint density at radius 3 is 2.89 bits per heavy atom. The Kier molecular flexibility index (Phi) is 4.96. The van der Waals surface area contributed by atoms with Crippen molar-refractivity contribution in [2.75, 3.05) is 27.3 Å². The Bertz CT molecular complexity index is 870. The summed E-state index contributed by atoms with van der Waals surface area (Å²) in [4.78, 5) is 18.7. The predicted molar refractivity (Wildman–Crippen MR) is 105 cm³/mol. The van der Waals surface area contributed by atoms with Crippen molar-refractivity contribution < 1.29 is 14.3 Å². The van der Waals surface area contributed by atoms with Crippen LogP contribution in [0.2, 0.25) is 0 Å². The highest BCUT2D eigenvalue weighted by Gasteiger charge is 2.42. The van der Waals surface area contributed by atoms with Crippen molar-refractivity contribution in [3.63, 3.8) is 0 Å². The topological polar surface area (TPSA) is 54.6 Å². The molecule has 0 amide bonds. The van der Waals surface area contributed by atoms with Gasteiger partial charge < -0.3 is 14.5 Å². The van der Waals surface area contributed by atoms with Crippen LogP contribution in [0.5, 0.6) is 0 Å². The first-order chi connectivity index (χ1) is 13.2. The number of hydrogen-bond acceptors (Lipinski definition) is 4. The van der Waals surface area contributed by atoms with Gasteiger partial charge in [0.2, 0.25) is 0 Å². The number of H-pyrrole nitrogens is 1. The minimum Gasteiger partial charge on any atom is -0.504 e. The lowest BCUT2D eigenvalue weighted by Gasteiger charge is -2.46. The van der Waals surface area contributed by atoms with E-state index in [4.69, 9.17) is 9.47 Å². The average molecular weight is 368 g/mol. The van der Waals surface area contributed by atoms with Crippen LogP contribution in [0.4, 0.5) is 0 Å². The number of rotatable bonds is 4. The number of nitrogens with one attached hydrogen (secondary N) is 1. The van der Waals surface area contributed by atoms with Gasteiger partial charge in [-0.15, -0.1) is 0 Å². The number of hydrogen-bond donors (Lipinski definition) is 1. The number of carbonyl (C=O) groups is 1. The van der Waals surface area contributed by atoms with E-state index < -0.39 is 0 Å². The minimum absolute atomic E-state index is 0.140. The monoisotopic (exact) mass is 368 g/mol. The van der Waals surface area contributed by atoms with Crippen molar-refractivity contribution >= 4 is 16.9 Å². The Hall–Kier alpha value is -2.27. The molecule has 1 aromatic carbocycles. The Balaban J connectivity index is 1.73. The van der Waals surface area contributed by atoms with Crippen molar-refractivity contribution in [1.29, 1.82) is 0 Å². The summed E-state index contributed by atoms with van der Waals surface area (Å²) >= 11 is 0. The maximum Gasteiger partial charge on any atom is 0.337 e. The predicted octanol–water partition coefficient (Wildman–Crippen LogP) is 3.82. The van der Waals surface area contributed by atoms with Crippen LogP contribution in [0, 0.1) is 11.8 Å². The number of methoxy groups -OCH3 is 2. The van der Waals surface area contributed by atoms with Gasteiger partial charge in [-0.25, -0.2) is 4.79 Å². The maximum absolute atomic E-state index is 12.4. The normalized spacial score (nSPS) is 25.7. The molecule has 0 bridgehead atoms. The lowest BCUT2D eigenvalue weighted by Crippen LogP contribution is -2.47. The number of para-hydroxylation sites is 1. The number of aromatic amines is 1. The zero-order chi connectivity index (χ0) is 19.0. The van der Waals surface area contributed by atoms with Gasteiger partial charge in [0.1, 0.15) is 0 Å². The minimum atomic E-state index is -0.276. The summed E-state index contributed by atoms with van der Waals surface area (Å²) in [7, 11) is 3.04. The molecule has 0 spiro atoms. The second-order valence-electron chi connectivity index (χ2n) is 7.63. The summed E-state index contributed by atoms with van der Waals surface area (Å²) in [6, 6.07) is 8.85. The second-order valence-corrected chi connectivity index (χ2v) is 7.63. The molecule has 0 saturated carbocycles. The van der Waals surface area contributed by atoms with Crippen LogP contribution >= 0.6 is 0 Å². The molecule has 0 aliphatic carbocycles. The van der Waals surface area contributed by atoms with E-state index in [9.17, 15) is 4.79 Å². The van der Waals surface area contributed by atoms with E-state index in [-0.39, 0.29) is 11.9 Å². The summed E-state index contributed by atoms with van der Waals surface area (Å²) in [5, 5.41) is 1.34. The molecule has 144 valence electrons. The lowest BCUT2D eigenvalue weighted by molar-refractivity contribution is -0.137. The molecule has 3 heterocycles. The third kappa shape index (κ3) is 3.04. The fourth-order valence-electron chi connectivity index (χ4n) is 5.04. The zero-order valence-electron chi connectivity index (χ0n) is 16.3. The van der Waals surface area contributed by atoms with E-state index in [1.54, 1.807) is 13.4 Å². The van der Waals surface area contributed by atoms with Gasteiger partial charge in [0.15, 0.2) is 0 Å². The average Bonchev–Trinajstić information content (AvgIpc) is 3.09. The molecule has 1 N–H and O–H groups in total. The van der Waals surface area contributed by atoms with Crippen LogP contribution in [-0.2, 0) is 20.7 Å². The van der Waals surface area contributed by atoms with E-state index in [2.05, 4.69) is 41.1 Å². The maximum atomic E-state index is 12.4. The van der Waals surface area contributed by atoms with Crippen molar-refractivity contribution in [1.82, 2.24) is 9.88 Å². The number of ether oxygens (including phenoxy) is 2. The SMILES string of the molecule is CC[C@H]1CN2CCc3c([nH]c4ccccc34)[C@@H]2C[C@@H]1/C(=C/OC)C(=O)OC. The van der Waals surface area contributed by atoms with Crippen LogP contribution in [-0.4, -0.2) is 43.2 Å². The zero-order valence-corrected chi connectivity index (χ0v) is 16.3. The number of aromatic nitrogens is 1. The van der Waals surface area contributed by atoms with Crippen molar-refractivity contribution in [2.45, 2.75) is 32.2 Å². The van der Waals surface area contributed by atoms with Gasteiger partial charge in [-0.05, 0) is 36.3 Å². The molecule has 4 rings (SSSR count). The molecule has 5 nitrogen and oxygen atoms in total. The van der Waals surface area contributed by atoms with Gasteiger partial charge in [-0.2, -0.15) is 0 Å². The summed E-state index contributed by atoms with van der Waals surface area (Å²) in [5.74, 6) is 0.287. The molecule has 2 aliphatic rings. The highest BCUT2D eigenvalue weighted by Crippen LogP contribution is 2.45. The van der Waals surface area contributed by atoms with E-state index in [0.29, 0.717) is 17.5 Å². The third-order valence-corrected chi connectivity index (χ3v) is 6.37. The fraction of sp³-hybridized carbons (Fsp3) is 0.500. The molecule has 0 unspecified atom stereocenters. The molecule has 3 atom stereocenters. The van der Waals surface area contributed by atoms with E-state index in [0.717, 1.165) is 32.4 Å². The van der Waals surface area contributed by atoms with Crippen molar-refractivity contribution in [2.24, 2.45) is 11.8 Å². The number of fused-ring (bicyclic) bond motifs is 5. The van der Waals surface area contributed by atoms with Gasteiger partial charge in [0.05, 0.1) is 32.1 Å². The quantitative estimate of drug-likeness (QED) is 0.506. The van der Waals surface area contributed by atoms with E-state index >= 15 is 0 Å². The first-order valence-corrected chi connectivity index (χ1v) is 9.82. The van der Waals surface area contributed by atoms with Crippen LogP contribution < -0.4 is 0 Å². The van der Waals surface area contributed by atoms with Gasteiger partial charge in [-0.3, -0.25) is 4.90 Å². The van der Waals surface area contributed by atoms with Gasteiger partial charge in [-0.1, -0.05) is 31.5 Å². The molecule has 5 heteroatoms. The Labute approximate surface area is 160 Å². The molecular formula is C22H28N2O3. The molecule has 2 aliphatic heterocycles. The molecule has 1 saturated heterocycles. The highest BCUT2D eigenvalue weighted by atomic mass is 16.5. The lowest BCUT2D eigenvalue weighted by atomic mass is 9.74. The number of benzene rings is 1. The van der Waals surface area contributed by atoms with Crippen LogP contribution in [0.15, 0.2) is 36.1 Å². The number of esters is 1. The van der Waals surface area contributed by atoms with Gasteiger partial charge >= 0.3 is 5.97 Å². The number of piperidine rings is 1. The van der Waals surface area contributed by atoms with Crippen LogP contribution in [0.3, 0.4) is 0 Å². The summed E-state index contributed by atoms with van der Waals surface area (Å²) in [5.41, 5.74) is 4.63. The Morgan fingerprint density at radius 1 is 1.33 bits per heavy atom. The third-order valence-electron chi connectivity index (χ3n) is 6.37. The smallest absolute Gasteiger partial charge is 0.337 e. The molecular weight excluding hydrogens is 340 g/mol. The number of nitrogens with zero attached hydrogens (tertiary/aromatic N) is 1. The molecule has 1 fully saturated rings. The van der Waals surface area contributed by atoms with Gasteiger partial charge in [0.25, 0.3) is 0 Å². The summed E-state index contributed by atoms with van der Waals surface area (Å²) < 4.78 is 10.3.